The molecular formula is C22H23NO3. The maximum Gasteiger partial charge on any atom is 0.227 e. The van der Waals surface area contributed by atoms with Gasteiger partial charge in [-0.3, -0.25) is 4.79 Å². The summed E-state index contributed by atoms with van der Waals surface area (Å²) in [4.78, 5) is 14.4. The van der Waals surface area contributed by atoms with Gasteiger partial charge in [-0.25, -0.2) is 0 Å². The molecule has 3 aromatic rings. The molecule has 1 amide bonds. The van der Waals surface area contributed by atoms with Crippen LogP contribution in [0.3, 0.4) is 0 Å². The normalized spacial score (nSPS) is 13.0. The fourth-order valence-electron chi connectivity index (χ4n) is 3.68. The summed E-state index contributed by atoms with van der Waals surface area (Å²) in [6, 6.07) is 12.2. The molecular weight excluding hydrogens is 326 g/mol. The van der Waals surface area contributed by atoms with Gasteiger partial charge in [0.15, 0.2) is 0 Å². The Hall–Kier alpha value is -2.75. The van der Waals surface area contributed by atoms with Crippen molar-refractivity contribution in [3.05, 3.63) is 64.9 Å². The Morgan fingerprint density at radius 3 is 2.62 bits per heavy atom. The second kappa shape index (κ2) is 6.87. The number of rotatable bonds is 5. The van der Waals surface area contributed by atoms with Crippen LogP contribution in [0.1, 0.15) is 28.7 Å². The minimum absolute atomic E-state index is 0.0871. The van der Waals surface area contributed by atoms with Crippen molar-refractivity contribution in [3.63, 3.8) is 0 Å². The summed E-state index contributed by atoms with van der Waals surface area (Å²) < 4.78 is 10.9. The van der Waals surface area contributed by atoms with Gasteiger partial charge in [0, 0.05) is 24.5 Å². The quantitative estimate of drug-likeness (QED) is 0.695. The van der Waals surface area contributed by atoms with Crippen LogP contribution < -0.4 is 4.74 Å². The van der Waals surface area contributed by atoms with Crippen LogP contribution in [0.5, 0.6) is 5.75 Å². The predicted molar refractivity (Wildman–Crippen MR) is 101 cm³/mol. The minimum Gasteiger partial charge on any atom is -0.497 e. The molecule has 4 heteroatoms. The number of aryl methyl sites for hydroxylation is 2. The highest BCUT2D eigenvalue weighted by atomic mass is 16.5. The molecule has 1 aromatic heterocycles. The van der Waals surface area contributed by atoms with Gasteiger partial charge in [0.25, 0.3) is 0 Å². The lowest BCUT2D eigenvalue weighted by Gasteiger charge is -2.17. The first-order valence-electron chi connectivity index (χ1n) is 9.03. The van der Waals surface area contributed by atoms with Crippen molar-refractivity contribution in [1.29, 1.82) is 0 Å². The number of hydrogen-bond donors (Lipinski definition) is 0. The number of carbonyl (C=O) groups excluding carboxylic acids is 1. The van der Waals surface area contributed by atoms with E-state index < -0.39 is 0 Å². The molecule has 0 saturated heterocycles. The van der Waals surface area contributed by atoms with Crippen molar-refractivity contribution in [2.75, 3.05) is 14.2 Å². The van der Waals surface area contributed by atoms with Crippen molar-refractivity contribution in [1.82, 2.24) is 4.90 Å². The molecule has 0 bridgehead atoms. The lowest BCUT2D eigenvalue weighted by atomic mass is 10.0. The zero-order valence-corrected chi connectivity index (χ0v) is 15.2. The molecule has 1 aliphatic rings. The zero-order valence-electron chi connectivity index (χ0n) is 15.2. The van der Waals surface area contributed by atoms with Gasteiger partial charge < -0.3 is 14.1 Å². The summed E-state index contributed by atoms with van der Waals surface area (Å²) in [6.45, 7) is 0.577. The van der Waals surface area contributed by atoms with Gasteiger partial charge in [-0.1, -0.05) is 12.1 Å². The molecule has 134 valence electrons. The third-order valence-electron chi connectivity index (χ3n) is 5.21. The van der Waals surface area contributed by atoms with Crippen LogP contribution in [0.4, 0.5) is 0 Å². The van der Waals surface area contributed by atoms with Gasteiger partial charge in [0.2, 0.25) is 5.91 Å². The van der Waals surface area contributed by atoms with Crippen LogP contribution in [0.15, 0.2) is 47.1 Å². The number of methoxy groups -OCH3 is 1. The predicted octanol–water partition coefficient (Wildman–Crippen LogP) is 4.13. The lowest BCUT2D eigenvalue weighted by molar-refractivity contribution is -0.129. The van der Waals surface area contributed by atoms with Crippen LogP contribution in [0, 0.1) is 0 Å². The molecule has 4 nitrogen and oxygen atoms in total. The van der Waals surface area contributed by atoms with E-state index in [0.717, 1.165) is 40.7 Å². The fraction of sp³-hybridized carbons (Fsp3) is 0.318. The number of hydrogen-bond acceptors (Lipinski definition) is 3. The van der Waals surface area contributed by atoms with Gasteiger partial charge >= 0.3 is 0 Å². The number of nitrogens with zero attached hydrogens (tertiary/aromatic N) is 1. The number of benzene rings is 2. The number of amides is 1. The Morgan fingerprint density at radius 2 is 1.88 bits per heavy atom. The van der Waals surface area contributed by atoms with E-state index in [-0.39, 0.29) is 5.91 Å². The fourth-order valence-corrected chi connectivity index (χ4v) is 3.68. The second-order valence-corrected chi connectivity index (χ2v) is 7.01. The topological polar surface area (TPSA) is 42.7 Å². The Kier molecular flexibility index (Phi) is 4.41. The number of carbonyl (C=O) groups is 1. The number of fused-ring (bicyclic) bond motifs is 2. The van der Waals surface area contributed by atoms with Crippen molar-refractivity contribution < 1.29 is 13.9 Å². The summed E-state index contributed by atoms with van der Waals surface area (Å²) in [7, 11) is 3.49. The SMILES string of the molecule is COc1ccc(CN(C)C(=O)Cc2coc3cc4c(cc23)CCC4)cc1. The molecule has 0 aliphatic heterocycles. The lowest BCUT2D eigenvalue weighted by Crippen LogP contribution is -2.27. The standard InChI is InChI=1S/C22H23NO3/c1-23(13-15-6-8-19(25-2)9-7-15)22(24)12-18-14-26-21-11-17-5-3-4-16(17)10-20(18)21/h6-11,14H,3-5,12-13H2,1-2H3. The highest BCUT2D eigenvalue weighted by molar-refractivity contribution is 5.88. The molecule has 2 aromatic carbocycles. The molecule has 4 rings (SSSR count). The average Bonchev–Trinajstić information content (AvgIpc) is 3.27. The van der Waals surface area contributed by atoms with Crippen LogP contribution >= 0.6 is 0 Å². The summed E-state index contributed by atoms with van der Waals surface area (Å²) in [5, 5.41) is 1.08. The minimum atomic E-state index is 0.0871. The van der Waals surface area contributed by atoms with E-state index in [4.69, 9.17) is 9.15 Å². The van der Waals surface area contributed by atoms with Gasteiger partial charge in [-0.15, -0.1) is 0 Å². The Balaban J connectivity index is 1.47. The van der Waals surface area contributed by atoms with Crippen LogP contribution in [-0.4, -0.2) is 25.0 Å². The Labute approximate surface area is 153 Å². The van der Waals surface area contributed by atoms with Crippen LogP contribution in [0.2, 0.25) is 0 Å². The van der Waals surface area contributed by atoms with Crippen LogP contribution in [-0.2, 0) is 30.6 Å². The molecule has 0 atom stereocenters. The van der Waals surface area contributed by atoms with Crippen molar-refractivity contribution >= 4 is 16.9 Å². The van der Waals surface area contributed by atoms with Crippen LogP contribution in [0.25, 0.3) is 11.0 Å². The Morgan fingerprint density at radius 1 is 1.15 bits per heavy atom. The van der Waals surface area contributed by atoms with Gasteiger partial charge in [0.1, 0.15) is 11.3 Å². The highest BCUT2D eigenvalue weighted by Crippen LogP contribution is 2.30. The monoisotopic (exact) mass is 349 g/mol. The molecule has 0 fully saturated rings. The molecule has 0 saturated carbocycles. The van der Waals surface area contributed by atoms with E-state index in [1.165, 1.54) is 17.5 Å². The van der Waals surface area contributed by atoms with Gasteiger partial charge in [-0.2, -0.15) is 0 Å². The highest BCUT2D eigenvalue weighted by Gasteiger charge is 2.18. The van der Waals surface area contributed by atoms with Crippen molar-refractivity contribution in [2.45, 2.75) is 32.2 Å². The number of ether oxygens (including phenoxy) is 1. The van der Waals surface area contributed by atoms with Gasteiger partial charge in [-0.05, 0) is 60.2 Å². The van der Waals surface area contributed by atoms with E-state index in [2.05, 4.69) is 12.1 Å². The number of likely N-dealkylation sites (N-methyl/N-ethyl adjacent to an activating group) is 1. The number of furan rings is 1. The zero-order chi connectivity index (χ0) is 18.1. The molecule has 1 aliphatic carbocycles. The third kappa shape index (κ3) is 3.19. The molecule has 1 heterocycles. The van der Waals surface area contributed by atoms with E-state index in [1.807, 2.05) is 31.3 Å². The van der Waals surface area contributed by atoms with E-state index >= 15 is 0 Å². The Bertz CT molecular complexity index is 940. The van der Waals surface area contributed by atoms with Crippen molar-refractivity contribution in [3.8, 4) is 5.75 Å². The first-order chi connectivity index (χ1) is 12.6. The summed E-state index contributed by atoms with van der Waals surface area (Å²) in [5.41, 5.74) is 5.74. The largest absolute Gasteiger partial charge is 0.497 e. The average molecular weight is 349 g/mol. The van der Waals surface area contributed by atoms with Crippen molar-refractivity contribution in [2.24, 2.45) is 0 Å². The molecule has 0 spiro atoms. The summed E-state index contributed by atoms with van der Waals surface area (Å²) in [5.74, 6) is 0.907. The smallest absolute Gasteiger partial charge is 0.227 e. The van der Waals surface area contributed by atoms with E-state index in [0.29, 0.717) is 13.0 Å². The molecule has 0 radical (unpaired) electrons. The van der Waals surface area contributed by atoms with E-state index in [9.17, 15) is 4.79 Å². The van der Waals surface area contributed by atoms with E-state index in [1.54, 1.807) is 18.3 Å². The molecule has 0 unspecified atom stereocenters. The summed E-state index contributed by atoms with van der Waals surface area (Å²) >= 11 is 0. The summed E-state index contributed by atoms with van der Waals surface area (Å²) in [6.07, 6.45) is 5.56. The maximum atomic E-state index is 12.7. The second-order valence-electron chi connectivity index (χ2n) is 7.01. The first kappa shape index (κ1) is 16.7. The maximum absolute atomic E-state index is 12.7. The van der Waals surface area contributed by atoms with Gasteiger partial charge in [0.05, 0.1) is 19.8 Å². The third-order valence-corrected chi connectivity index (χ3v) is 5.21. The molecule has 26 heavy (non-hydrogen) atoms. The molecule has 0 N–H and O–H groups in total. The first-order valence-corrected chi connectivity index (χ1v) is 9.03.